The van der Waals surface area contributed by atoms with Gasteiger partial charge in [0.15, 0.2) is 5.13 Å². The number of hydrogen-bond acceptors (Lipinski definition) is 4. The highest BCUT2D eigenvalue weighted by molar-refractivity contribution is 9.09. The molecule has 0 bridgehead atoms. The predicted octanol–water partition coefficient (Wildman–Crippen LogP) is 1.95. The van der Waals surface area contributed by atoms with Gasteiger partial charge in [-0.3, -0.25) is 0 Å². The molecule has 0 amide bonds. The zero-order valence-electron chi connectivity index (χ0n) is 7.91. The Bertz CT molecular complexity index is 288. The van der Waals surface area contributed by atoms with Gasteiger partial charge in [0.1, 0.15) is 0 Å². The number of rotatable bonds is 3. The Labute approximate surface area is 90.5 Å². The van der Waals surface area contributed by atoms with E-state index in [2.05, 4.69) is 20.9 Å². The number of hydrogen-bond donors (Lipinski definition) is 1. The molecule has 13 heavy (non-hydrogen) atoms. The molecule has 0 saturated heterocycles. The standard InChI is InChI=1S/C8H13BrN2OS/c1-5-7(6(12)4-9)13-8(10-5)11(2)3/h6,12H,4H2,1-3H3. The smallest absolute Gasteiger partial charge is 0.185 e. The van der Waals surface area contributed by atoms with Gasteiger partial charge in [-0.1, -0.05) is 27.3 Å². The zero-order valence-corrected chi connectivity index (χ0v) is 10.3. The summed E-state index contributed by atoms with van der Waals surface area (Å²) in [5.74, 6) is 0. The van der Waals surface area contributed by atoms with Crippen LogP contribution in [0.25, 0.3) is 0 Å². The molecule has 1 N–H and O–H groups in total. The van der Waals surface area contributed by atoms with Crippen molar-refractivity contribution in [1.82, 2.24) is 4.98 Å². The van der Waals surface area contributed by atoms with Crippen LogP contribution in [0.2, 0.25) is 0 Å². The third-order valence-electron chi connectivity index (χ3n) is 1.65. The average molecular weight is 265 g/mol. The van der Waals surface area contributed by atoms with Crippen molar-refractivity contribution in [2.45, 2.75) is 13.0 Å². The highest BCUT2D eigenvalue weighted by Crippen LogP contribution is 2.30. The first kappa shape index (κ1) is 10.9. The molecule has 1 atom stereocenters. The van der Waals surface area contributed by atoms with Crippen LogP contribution in [-0.4, -0.2) is 29.5 Å². The molecular formula is C8H13BrN2OS. The largest absolute Gasteiger partial charge is 0.387 e. The maximum atomic E-state index is 9.61. The molecule has 1 heterocycles. The number of aromatic nitrogens is 1. The first-order chi connectivity index (χ1) is 6.06. The van der Waals surface area contributed by atoms with Crippen LogP contribution in [-0.2, 0) is 0 Å². The van der Waals surface area contributed by atoms with Crippen molar-refractivity contribution in [1.29, 1.82) is 0 Å². The summed E-state index contributed by atoms with van der Waals surface area (Å²) in [5.41, 5.74) is 0.917. The van der Waals surface area contributed by atoms with Gasteiger partial charge in [0.05, 0.1) is 16.7 Å². The second-order valence-electron chi connectivity index (χ2n) is 3.01. The van der Waals surface area contributed by atoms with Crippen LogP contribution in [0.4, 0.5) is 5.13 Å². The lowest BCUT2D eigenvalue weighted by Crippen LogP contribution is -2.07. The van der Waals surface area contributed by atoms with E-state index in [-0.39, 0.29) is 0 Å². The minimum absolute atomic E-state index is 0.439. The van der Waals surface area contributed by atoms with Crippen LogP contribution < -0.4 is 4.90 Å². The van der Waals surface area contributed by atoms with Gasteiger partial charge in [-0.05, 0) is 6.92 Å². The molecule has 1 unspecified atom stereocenters. The van der Waals surface area contributed by atoms with Crippen molar-refractivity contribution < 1.29 is 5.11 Å². The van der Waals surface area contributed by atoms with Gasteiger partial charge in [0.25, 0.3) is 0 Å². The molecule has 0 radical (unpaired) electrons. The van der Waals surface area contributed by atoms with Crippen LogP contribution in [0.15, 0.2) is 0 Å². The van der Waals surface area contributed by atoms with Crippen molar-refractivity contribution in [3.05, 3.63) is 10.6 Å². The summed E-state index contributed by atoms with van der Waals surface area (Å²) in [6.45, 7) is 1.92. The molecule has 0 aliphatic heterocycles. The summed E-state index contributed by atoms with van der Waals surface area (Å²) in [4.78, 5) is 7.23. The Hall–Kier alpha value is -0.130. The van der Waals surface area contributed by atoms with Gasteiger partial charge in [-0.2, -0.15) is 0 Å². The summed E-state index contributed by atoms with van der Waals surface area (Å²) < 4.78 is 0. The molecule has 0 fully saturated rings. The number of aliphatic hydroxyl groups is 1. The van der Waals surface area contributed by atoms with E-state index < -0.39 is 6.10 Å². The molecule has 1 aromatic rings. The molecule has 0 aliphatic carbocycles. The highest BCUT2D eigenvalue weighted by Gasteiger charge is 2.15. The van der Waals surface area contributed by atoms with E-state index in [0.29, 0.717) is 5.33 Å². The van der Waals surface area contributed by atoms with E-state index in [1.807, 2.05) is 25.9 Å². The maximum Gasteiger partial charge on any atom is 0.185 e. The Morgan fingerprint density at radius 3 is 2.62 bits per heavy atom. The van der Waals surface area contributed by atoms with Crippen LogP contribution in [0.1, 0.15) is 16.7 Å². The fourth-order valence-electron chi connectivity index (χ4n) is 0.964. The van der Waals surface area contributed by atoms with Gasteiger partial charge < -0.3 is 10.0 Å². The van der Waals surface area contributed by atoms with E-state index in [1.165, 1.54) is 11.3 Å². The SMILES string of the molecule is Cc1nc(N(C)C)sc1C(O)CBr. The van der Waals surface area contributed by atoms with E-state index >= 15 is 0 Å². The third kappa shape index (κ3) is 2.42. The lowest BCUT2D eigenvalue weighted by atomic mass is 10.3. The monoisotopic (exact) mass is 264 g/mol. The molecule has 1 rings (SSSR count). The van der Waals surface area contributed by atoms with Crippen LogP contribution in [0.5, 0.6) is 0 Å². The molecule has 0 aromatic carbocycles. The fourth-order valence-corrected chi connectivity index (χ4v) is 2.48. The molecular weight excluding hydrogens is 252 g/mol. The second-order valence-corrected chi connectivity index (χ2v) is 4.67. The van der Waals surface area contributed by atoms with Crippen LogP contribution in [0.3, 0.4) is 0 Å². The number of aryl methyl sites for hydroxylation is 1. The fraction of sp³-hybridized carbons (Fsp3) is 0.625. The van der Waals surface area contributed by atoms with Gasteiger partial charge in [0.2, 0.25) is 0 Å². The Morgan fingerprint density at radius 1 is 1.62 bits per heavy atom. The first-order valence-electron chi connectivity index (χ1n) is 3.95. The average Bonchev–Trinajstić information content (AvgIpc) is 2.46. The summed E-state index contributed by atoms with van der Waals surface area (Å²) in [7, 11) is 3.89. The highest BCUT2D eigenvalue weighted by atomic mass is 79.9. The topological polar surface area (TPSA) is 36.4 Å². The predicted molar refractivity (Wildman–Crippen MR) is 59.9 cm³/mol. The minimum Gasteiger partial charge on any atom is -0.387 e. The normalized spacial score (nSPS) is 13.0. The Morgan fingerprint density at radius 2 is 2.23 bits per heavy atom. The third-order valence-corrected chi connectivity index (χ3v) is 3.69. The van der Waals surface area contributed by atoms with Crippen molar-refractivity contribution in [3.8, 4) is 0 Å². The number of alkyl halides is 1. The minimum atomic E-state index is -0.439. The summed E-state index contributed by atoms with van der Waals surface area (Å²) in [6, 6.07) is 0. The van der Waals surface area contributed by atoms with Crippen LogP contribution >= 0.6 is 27.3 Å². The van der Waals surface area contributed by atoms with Gasteiger partial charge in [-0.15, -0.1) is 0 Å². The van der Waals surface area contributed by atoms with E-state index in [1.54, 1.807) is 0 Å². The van der Waals surface area contributed by atoms with E-state index in [9.17, 15) is 5.11 Å². The lowest BCUT2D eigenvalue weighted by molar-refractivity contribution is 0.208. The number of nitrogens with zero attached hydrogens (tertiary/aromatic N) is 2. The molecule has 0 aliphatic rings. The molecule has 74 valence electrons. The number of anilines is 1. The molecule has 0 saturated carbocycles. The first-order valence-corrected chi connectivity index (χ1v) is 5.88. The zero-order chi connectivity index (χ0) is 10.0. The van der Waals surface area contributed by atoms with Gasteiger partial charge in [0, 0.05) is 19.4 Å². The number of aliphatic hydroxyl groups excluding tert-OH is 1. The lowest BCUT2D eigenvalue weighted by Gasteiger charge is -2.06. The summed E-state index contributed by atoms with van der Waals surface area (Å²) in [5, 5.41) is 11.1. The van der Waals surface area contributed by atoms with Crippen molar-refractivity contribution >= 4 is 32.4 Å². The molecule has 5 heteroatoms. The van der Waals surface area contributed by atoms with E-state index in [4.69, 9.17) is 0 Å². The summed E-state index contributed by atoms with van der Waals surface area (Å²) >= 11 is 4.78. The van der Waals surface area contributed by atoms with Crippen molar-refractivity contribution in [2.75, 3.05) is 24.3 Å². The van der Waals surface area contributed by atoms with Gasteiger partial charge >= 0.3 is 0 Å². The quantitative estimate of drug-likeness (QED) is 0.848. The number of halogens is 1. The number of thiazole rings is 1. The second kappa shape index (κ2) is 4.39. The van der Waals surface area contributed by atoms with Crippen molar-refractivity contribution in [2.24, 2.45) is 0 Å². The Balaban J connectivity index is 2.96. The molecule has 1 aromatic heterocycles. The van der Waals surface area contributed by atoms with Gasteiger partial charge in [-0.25, -0.2) is 4.98 Å². The van der Waals surface area contributed by atoms with Crippen LogP contribution in [0, 0.1) is 6.92 Å². The van der Waals surface area contributed by atoms with Crippen molar-refractivity contribution in [3.63, 3.8) is 0 Å². The summed E-state index contributed by atoms with van der Waals surface area (Å²) in [6.07, 6.45) is -0.439. The Kier molecular flexibility index (Phi) is 3.70. The molecule has 3 nitrogen and oxygen atoms in total. The maximum absolute atomic E-state index is 9.61. The van der Waals surface area contributed by atoms with E-state index in [0.717, 1.165) is 15.7 Å². The molecule has 0 spiro atoms.